The Balaban J connectivity index is 2.40. The minimum Gasteiger partial charge on any atom is -0.350 e. The highest BCUT2D eigenvalue weighted by Crippen LogP contribution is 2.26. The van der Waals surface area contributed by atoms with Gasteiger partial charge in [-0.05, 0) is 62.3 Å². The van der Waals surface area contributed by atoms with Gasteiger partial charge < -0.3 is 10.2 Å². The average molecular weight is 530 g/mol. The first kappa shape index (κ1) is 30.4. The molecule has 0 aliphatic rings. The summed E-state index contributed by atoms with van der Waals surface area (Å²) in [4.78, 5) is 28.4. The maximum atomic E-state index is 13.7. The van der Waals surface area contributed by atoms with Gasteiger partial charge in [-0.2, -0.15) is 0 Å². The Labute approximate surface area is 223 Å². The molecule has 0 aliphatic carbocycles. The Kier molecular flexibility index (Phi) is 9.94. The van der Waals surface area contributed by atoms with Crippen molar-refractivity contribution < 1.29 is 18.0 Å². The SMILES string of the molecule is CCC(C(=O)NC(C)(C)C)N(CCc1ccccc1)C(=O)CN(c1ccc(C(C)(C)C)cc1)S(C)(=O)=O. The van der Waals surface area contributed by atoms with Crippen molar-refractivity contribution in [1.29, 1.82) is 0 Å². The molecular formula is C29H43N3O4S. The zero-order valence-electron chi connectivity index (χ0n) is 23.5. The van der Waals surface area contributed by atoms with Crippen LogP contribution in [0.25, 0.3) is 0 Å². The van der Waals surface area contributed by atoms with E-state index in [9.17, 15) is 18.0 Å². The predicted molar refractivity (Wildman–Crippen MR) is 151 cm³/mol. The van der Waals surface area contributed by atoms with Gasteiger partial charge in [0.2, 0.25) is 21.8 Å². The van der Waals surface area contributed by atoms with Crippen LogP contribution < -0.4 is 9.62 Å². The summed E-state index contributed by atoms with van der Waals surface area (Å²) in [5, 5.41) is 2.97. The minimum atomic E-state index is -3.76. The Morgan fingerprint density at radius 2 is 1.49 bits per heavy atom. The van der Waals surface area contributed by atoms with Gasteiger partial charge in [-0.1, -0.05) is 70.2 Å². The van der Waals surface area contributed by atoms with Crippen molar-refractivity contribution in [2.45, 2.75) is 78.3 Å². The molecule has 1 N–H and O–H groups in total. The average Bonchev–Trinajstić information content (AvgIpc) is 2.78. The number of rotatable bonds is 10. The predicted octanol–water partition coefficient (Wildman–Crippen LogP) is 4.51. The maximum absolute atomic E-state index is 13.7. The van der Waals surface area contributed by atoms with E-state index in [1.807, 2.05) is 70.2 Å². The minimum absolute atomic E-state index is 0.0900. The fraction of sp³-hybridized carbons (Fsp3) is 0.517. The number of hydrogen-bond acceptors (Lipinski definition) is 4. The van der Waals surface area contributed by atoms with Crippen molar-refractivity contribution in [3.63, 3.8) is 0 Å². The third kappa shape index (κ3) is 9.18. The van der Waals surface area contributed by atoms with Crippen LogP contribution in [0.2, 0.25) is 0 Å². The number of amides is 2. The molecule has 0 aromatic heterocycles. The normalized spacial score (nSPS) is 13.1. The van der Waals surface area contributed by atoms with E-state index >= 15 is 0 Å². The molecule has 0 saturated carbocycles. The van der Waals surface area contributed by atoms with Crippen molar-refractivity contribution in [3.8, 4) is 0 Å². The number of carbonyl (C=O) groups is 2. The third-order valence-corrected chi connectivity index (χ3v) is 7.21. The molecule has 8 heteroatoms. The second kappa shape index (κ2) is 12.1. The molecule has 0 saturated heterocycles. The van der Waals surface area contributed by atoms with Crippen LogP contribution in [-0.4, -0.2) is 56.1 Å². The van der Waals surface area contributed by atoms with Crippen molar-refractivity contribution in [2.24, 2.45) is 0 Å². The van der Waals surface area contributed by atoms with Gasteiger partial charge >= 0.3 is 0 Å². The first-order chi connectivity index (χ1) is 17.0. The standard InChI is InChI=1S/C29H43N3O4S/c1-9-25(27(34)30-29(5,6)7)31(20-19-22-13-11-10-12-14-22)26(33)21-32(37(8,35)36)24-17-15-23(16-18-24)28(2,3)4/h10-18,25H,9,19-21H2,1-8H3,(H,30,34). The lowest BCUT2D eigenvalue weighted by atomic mass is 9.87. The van der Waals surface area contributed by atoms with E-state index in [4.69, 9.17) is 0 Å². The van der Waals surface area contributed by atoms with E-state index in [0.717, 1.165) is 21.7 Å². The molecular weight excluding hydrogens is 486 g/mol. The number of benzene rings is 2. The van der Waals surface area contributed by atoms with E-state index < -0.39 is 27.5 Å². The second-order valence-electron chi connectivity index (χ2n) is 11.6. The fourth-order valence-electron chi connectivity index (χ4n) is 4.09. The number of nitrogens with zero attached hydrogens (tertiary/aromatic N) is 2. The lowest BCUT2D eigenvalue weighted by molar-refractivity contribution is -0.140. The van der Waals surface area contributed by atoms with E-state index in [0.29, 0.717) is 25.1 Å². The fourth-order valence-corrected chi connectivity index (χ4v) is 4.94. The highest BCUT2D eigenvalue weighted by Gasteiger charge is 2.32. The van der Waals surface area contributed by atoms with Crippen molar-refractivity contribution in [3.05, 3.63) is 65.7 Å². The summed E-state index contributed by atoms with van der Waals surface area (Å²) in [6, 6.07) is 16.2. The molecule has 2 aromatic rings. The van der Waals surface area contributed by atoms with Crippen molar-refractivity contribution in [2.75, 3.05) is 23.7 Å². The van der Waals surface area contributed by atoms with Crippen LogP contribution in [0, 0.1) is 0 Å². The summed E-state index contributed by atoms with van der Waals surface area (Å²) >= 11 is 0. The van der Waals surface area contributed by atoms with Gasteiger partial charge in [-0.15, -0.1) is 0 Å². The van der Waals surface area contributed by atoms with E-state index in [2.05, 4.69) is 26.1 Å². The zero-order valence-corrected chi connectivity index (χ0v) is 24.4. The summed E-state index contributed by atoms with van der Waals surface area (Å²) in [6.07, 6.45) is 2.04. The maximum Gasteiger partial charge on any atom is 0.244 e. The van der Waals surface area contributed by atoms with Crippen LogP contribution in [0.5, 0.6) is 0 Å². The van der Waals surface area contributed by atoms with Crippen LogP contribution in [-0.2, 0) is 31.4 Å². The molecule has 7 nitrogen and oxygen atoms in total. The van der Waals surface area contributed by atoms with E-state index in [1.54, 1.807) is 12.1 Å². The van der Waals surface area contributed by atoms with E-state index in [1.165, 1.54) is 4.90 Å². The molecule has 0 fully saturated rings. The van der Waals surface area contributed by atoms with Gasteiger partial charge in [0.15, 0.2) is 0 Å². The summed E-state index contributed by atoms with van der Waals surface area (Å²) in [5.41, 5.74) is 1.95. The molecule has 1 atom stereocenters. The smallest absolute Gasteiger partial charge is 0.244 e. The number of carbonyl (C=O) groups excluding carboxylic acids is 2. The van der Waals surface area contributed by atoms with Crippen LogP contribution >= 0.6 is 0 Å². The molecule has 2 rings (SSSR count). The number of sulfonamides is 1. The Hall–Kier alpha value is -2.87. The molecule has 0 bridgehead atoms. The van der Waals surface area contributed by atoms with Gasteiger partial charge in [0.1, 0.15) is 12.6 Å². The van der Waals surface area contributed by atoms with Crippen LogP contribution in [0.3, 0.4) is 0 Å². The molecule has 0 spiro atoms. The Morgan fingerprint density at radius 3 is 1.95 bits per heavy atom. The molecule has 2 aromatic carbocycles. The number of hydrogen-bond donors (Lipinski definition) is 1. The van der Waals surface area contributed by atoms with Gasteiger partial charge in [-0.3, -0.25) is 13.9 Å². The van der Waals surface area contributed by atoms with Crippen molar-refractivity contribution in [1.82, 2.24) is 10.2 Å². The summed E-state index contributed by atoms with van der Waals surface area (Å²) in [6.45, 7) is 13.7. The topological polar surface area (TPSA) is 86.8 Å². The summed E-state index contributed by atoms with van der Waals surface area (Å²) in [7, 11) is -3.76. The monoisotopic (exact) mass is 529 g/mol. The lowest BCUT2D eigenvalue weighted by Gasteiger charge is -2.34. The van der Waals surface area contributed by atoms with Gasteiger partial charge in [-0.25, -0.2) is 8.42 Å². The third-order valence-electron chi connectivity index (χ3n) is 6.07. The first-order valence-electron chi connectivity index (χ1n) is 12.8. The molecule has 37 heavy (non-hydrogen) atoms. The number of nitrogens with one attached hydrogen (secondary N) is 1. The highest BCUT2D eigenvalue weighted by atomic mass is 32.2. The van der Waals surface area contributed by atoms with E-state index in [-0.39, 0.29) is 17.9 Å². The van der Waals surface area contributed by atoms with Crippen LogP contribution in [0.15, 0.2) is 54.6 Å². The summed E-state index contributed by atoms with van der Waals surface area (Å²) < 4.78 is 26.7. The molecule has 2 amide bonds. The largest absolute Gasteiger partial charge is 0.350 e. The second-order valence-corrected chi connectivity index (χ2v) is 13.5. The van der Waals surface area contributed by atoms with Gasteiger partial charge in [0.05, 0.1) is 11.9 Å². The lowest BCUT2D eigenvalue weighted by Crippen LogP contribution is -2.56. The van der Waals surface area contributed by atoms with Gasteiger partial charge in [0.25, 0.3) is 0 Å². The molecule has 204 valence electrons. The Morgan fingerprint density at radius 1 is 0.919 bits per heavy atom. The zero-order chi connectivity index (χ0) is 28.0. The first-order valence-corrected chi connectivity index (χ1v) is 14.6. The van der Waals surface area contributed by atoms with Crippen molar-refractivity contribution >= 4 is 27.5 Å². The molecule has 0 aliphatic heterocycles. The Bertz CT molecular complexity index is 1150. The summed E-state index contributed by atoms with van der Waals surface area (Å²) in [5.74, 6) is -0.672. The molecule has 0 heterocycles. The molecule has 1 unspecified atom stereocenters. The van der Waals surface area contributed by atoms with Crippen LogP contribution in [0.1, 0.15) is 66.0 Å². The van der Waals surface area contributed by atoms with Gasteiger partial charge in [0, 0.05) is 12.1 Å². The highest BCUT2D eigenvalue weighted by molar-refractivity contribution is 7.92. The number of anilines is 1. The molecule has 0 radical (unpaired) electrons. The quantitative estimate of drug-likeness (QED) is 0.491. The van der Waals surface area contributed by atoms with Crippen LogP contribution in [0.4, 0.5) is 5.69 Å².